The Bertz CT molecular complexity index is 1180. The molecule has 4 aromatic rings. The van der Waals surface area contributed by atoms with Crippen molar-refractivity contribution in [3.8, 4) is 11.1 Å². The van der Waals surface area contributed by atoms with Gasteiger partial charge in [0.25, 0.3) is 0 Å². The van der Waals surface area contributed by atoms with Crippen molar-refractivity contribution in [1.29, 1.82) is 0 Å². The molecule has 0 aliphatic carbocycles. The lowest BCUT2D eigenvalue weighted by molar-refractivity contribution is 0.619. The number of nitrogens with zero attached hydrogens (tertiary/aromatic N) is 3. The summed E-state index contributed by atoms with van der Waals surface area (Å²) in [6, 6.07) is 8.83. The molecule has 0 spiro atoms. The van der Waals surface area contributed by atoms with Crippen LogP contribution in [0.4, 0.5) is 4.39 Å². The third-order valence-corrected chi connectivity index (χ3v) is 4.39. The van der Waals surface area contributed by atoms with E-state index in [0.717, 1.165) is 22.3 Å². The van der Waals surface area contributed by atoms with Gasteiger partial charge in [0.05, 0.1) is 12.1 Å². The van der Waals surface area contributed by atoms with Gasteiger partial charge in [-0.2, -0.15) is 0 Å². The number of aromatic amines is 1. The largest absolute Gasteiger partial charge is 0.327 e. The minimum Gasteiger partial charge on any atom is -0.290 e. The third kappa shape index (κ3) is 2.90. The molecule has 0 fully saturated rings. The van der Waals surface area contributed by atoms with Crippen LogP contribution in [0.2, 0.25) is 0 Å². The lowest BCUT2D eigenvalue weighted by Crippen LogP contribution is -2.17. The maximum absolute atomic E-state index is 13.5. The highest BCUT2D eigenvalue weighted by atomic mass is 19.1. The highest BCUT2D eigenvalue weighted by Gasteiger charge is 2.11. The quantitative estimate of drug-likeness (QED) is 0.615. The van der Waals surface area contributed by atoms with Crippen molar-refractivity contribution >= 4 is 11.2 Å². The van der Waals surface area contributed by atoms with Gasteiger partial charge in [-0.1, -0.05) is 12.1 Å². The number of pyridine rings is 2. The van der Waals surface area contributed by atoms with Crippen molar-refractivity contribution < 1.29 is 4.39 Å². The van der Waals surface area contributed by atoms with E-state index in [-0.39, 0.29) is 11.5 Å². The van der Waals surface area contributed by atoms with Crippen LogP contribution in [0.15, 0.2) is 53.7 Å². The zero-order valence-electron chi connectivity index (χ0n) is 14.5. The third-order valence-electron chi connectivity index (χ3n) is 4.39. The monoisotopic (exact) mass is 348 g/mol. The SMILES string of the molecule is Cc1cncc(Cn2c(=O)[nH]c3ncc(-c4ccc(F)c(C)c4)cc32)c1. The summed E-state index contributed by atoms with van der Waals surface area (Å²) in [5.41, 5.74) is 5.24. The molecule has 3 heterocycles. The molecule has 0 atom stereocenters. The summed E-state index contributed by atoms with van der Waals surface area (Å²) in [6.07, 6.45) is 5.21. The topological polar surface area (TPSA) is 63.6 Å². The van der Waals surface area contributed by atoms with Gasteiger partial charge < -0.3 is 0 Å². The summed E-state index contributed by atoms with van der Waals surface area (Å²) in [6.45, 7) is 4.09. The smallest absolute Gasteiger partial charge is 0.290 e. The van der Waals surface area contributed by atoms with Crippen molar-refractivity contribution in [2.75, 3.05) is 0 Å². The van der Waals surface area contributed by atoms with Gasteiger partial charge >= 0.3 is 5.69 Å². The maximum Gasteiger partial charge on any atom is 0.327 e. The first kappa shape index (κ1) is 16.2. The van der Waals surface area contributed by atoms with E-state index in [1.165, 1.54) is 6.07 Å². The molecular weight excluding hydrogens is 331 g/mol. The van der Waals surface area contributed by atoms with Gasteiger partial charge in [-0.3, -0.25) is 14.5 Å². The van der Waals surface area contributed by atoms with Gasteiger partial charge in [-0.15, -0.1) is 0 Å². The lowest BCUT2D eigenvalue weighted by Gasteiger charge is -2.07. The first-order valence-electron chi connectivity index (χ1n) is 8.27. The normalized spacial score (nSPS) is 11.2. The van der Waals surface area contributed by atoms with Crippen molar-refractivity contribution in [3.05, 3.63) is 81.9 Å². The summed E-state index contributed by atoms with van der Waals surface area (Å²) >= 11 is 0. The summed E-state index contributed by atoms with van der Waals surface area (Å²) in [4.78, 5) is 23.7. The van der Waals surface area contributed by atoms with E-state index in [0.29, 0.717) is 23.3 Å². The first-order valence-corrected chi connectivity index (χ1v) is 8.27. The van der Waals surface area contributed by atoms with E-state index >= 15 is 0 Å². The van der Waals surface area contributed by atoms with Crippen LogP contribution < -0.4 is 5.69 Å². The van der Waals surface area contributed by atoms with E-state index in [9.17, 15) is 9.18 Å². The first-order chi connectivity index (χ1) is 12.5. The second kappa shape index (κ2) is 6.22. The van der Waals surface area contributed by atoms with Crippen molar-refractivity contribution in [3.63, 3.8) is 0 Å². The number of hydrogen-bond donors (Lipinski definition) is 1. The van der Waals surface area contributed by atoms with Crippen LogP contribution in [0, 0.1) is 19.7 Å². The van der Waals surface area contributed by atoms with Crippen LogP contribution in [0.1, 0.15) is 16.7 Å². The second-order valence-electron chi connectivity index (χ2n) is 6.44. The molecule has 0 saturated carbocycles. The molecule has 0 bridgehead atoms. The summed E-state index contributed by atoms with van der Waals surface area (Å²) in [7, 11) is 0. The molecule has 1 N–H and O–H groups in total. The number of rotatable bonds is 3. The zero-order valence-corrected chi connectivity index (χ0v) is 14.5. The highest BCUT2D eigenvalue weighted by Crippen LogP contribution is 2.24. The standard InChI is InChI=1S/C20H17FN4O/c1-12-5-14(9-22-8-12)11-25-18-7-16(10-23-19(18)24-20(25)26)15-3-4-17(21)13(2)6-15/h3-10H,11H2,1-2H3,(H,23,24,26). The Kier molecular flexibility index (Phi) is 3.88. The molecule has 5 nitrogen and oxygen atoms in total. The summed E-state index contributed by atoms with van der Waals surface area (Å²) in [5.74, 6) is -0.242. The van der Waals surface area contributed by atoms with Gasteiger partial charge in [-0.05, 0) is 54.3 Å². The maximum atomic E-state index is 13.5. The second-order valence-corrected chi connectivity index (χ2v) is 6.44. The Morgan fingerprint density at radius 1 is 1.08 bits per heavy atom. The lowest BCUT2D eigenvalue weighted by atomic mass is 10.0. The molecule has 3 aromatic heterocycles. The number of nitrogens with one attached hydrogen (secondary N) is 1. The number of benzene rings is 1. The van der Waals surface area contributed by atoms with Crippen molar-refractivity contribution in [1.82, 2.24) is 19.5 Å². The van der Waals surface area contributed by atoms with Crippen molar-refractivity contribution in [2.45, 2.75) is 20.4 Å². The van der Waals surface area contributed by atoms with Crippen LogP contribution in [-0.2, 0) is 6.54 Å². The Morgan fingerprint density at radius 3 is 2.69 bits per heavy atom. The van der Waals surface area contributed by atoms with Crippen LogP contribution in [-0.4, -0.2) is 19.5 Å². The van der Waals surface area contributed by atoms with Gasteiger partial charge in [-0.25, -0.2) is 14.2 Å². The Balaban J connectivity index is 1.82. The van der Waals surface area contributed by atoms with Gasteiger partial charge in [0.15, 0.2) is 5.65 Å². The van der Waals surface area contributed by atoms with Gasteiger partial charge in [0.1, 0.15) is 5.82 Å². The Labute approximate surface area is 149 Å². The molecule has 26 heavy (non-hydrogen) atoms. The van der Waals surface area contributed by atoms with E-state index < -0.39 is 0 Å². The van der Waals surface area contributed by atoms with E-state index in [1.807, 2.05) is 19.1 Å². The molecule has 4 rings (SSSR count). The minimum absolute atomic E-state index is 0.221. The average Bonchev–Trinajstić information content (AvgIpc) is 2.92. The molecule has 0 aliphatic rings. The van der Waals surface area contributed by atoms with Crippen LogP contribution in [0.25, 0.3) is 22.3 Å². The number of fused-ring (bicyclic) bond motifs is 1. The number of hydrogen-bond acceptors (Lipinski definition) is 3. The number of H-pyrrole nitrogens is 1. The molecule has 0 unspecified atom stereocenters. The number of aromatic nitrogens is 4. The minimum atomic E-state index is -0.242. The molecule has 0 radical (unpaired) electrons. The molecule has 0 amide bonds. The number of halogens is 1. The van der Waals surface area contributed by atoms with E-state index in [4.69, 9.17) is 0 Å². The fraction of sp³-hybridized carbons (Fsp3) is 0.150. The van der Waals surface area contributed by atoms with Crippen LogP contribution in [0.3, 0.4) is 0 Å². The Hall–Kier alpha value is -3.28. The molecule has 0 aliphatic heterocycles. The van der Waals surface area contributed by atoms with Gasteiger partial charge in [0.2, 0.25) is 0 Å². The molecule has 130 valence electrons. The van der Waals surface area contributed by atoms with Crippen molar-refractivity contribution in [2.24, 2.45) is 0 Å². The zero-order chi connectivity index (χ0) is 18.3. The van der Waals surface area contributed by atoms with Crippen LogP contribution in [0.5, 0.6) is 0 Å². The van der Waals surface area contributed by atoms with E-state index in [2.05, 4.69) is 15.0 Å². The summed E-state index contributed by atoms with van der Waals surface area (Å²) in [5, 5.41) is 0. The van der Waals surface area contributed by atoms with Crippen LogP contribution >= 0.6 is 0 Å². The number of aryl methyl sites for hydroxylation is 2. The predicted octanol–water partition coefficient (Wildman–Crippen LogP) is 3.59. The highest BCUT2D eigenvalue weighted by molar-refractivity contribution is 5.78. The predicted molar refractivity (Wildman–Crippen MR) is 98.6 cm³/mol. The Morgan fingerprint density at radius 2 is 1.92 bits per heavy atom. The molecule has 0 saturated heterocycles. The molecular formula is C20H17FN4O. The molecule has 6 heteroatoms. The van der Waals surface area contributed by atoms with E-state index in [1.54, 1.807) is 42.2 Å². The summed E-state index contributed by atoms with van der Waals surface area (Å²) < 4.78 is 15.2. The fourth-order valence-corrected chi connectivity index (χ4v) is 3.06. The van der Waals surface area contributed by atoms with Gasteiger partial charge in [0, 0.05) is 24.2 Å². The average molecular weight is 348 g/mol. The molecule has 1 aromatic carbocycles. The number of imidazole rings is 1. The fourth-order valence-electron chi connectivity index (χ4n) is 3.06.